The minimum Gasteiger partial charge on any atom is -0.302 e. The monoisotopic (exact) mass is 424 g/mol. The highest BCUT2D eigenvalue weighted by atomic mass is 16.1. The molecular formula is C25H24N6O. The van der Waals surface area contributed by atoms with E-state index >= 15 is 0 Å². The molecule has 0 bridgehead atoms. The van der Waals surface area contributed by atoms with Crippen molar-refractivity contribution in [3.63, 3.8) is 0 Å². The number of carbonyl (C=O) groups is 1. The first-order valence-electron chi connectivity index (χ1n) is 10.7. The van der Waals surface area contributed by atoms with Crippen molar-refractivity contribution in [2.24, 2.45) is 7.05 Å². The minimum absolute atomic E-state index is 0.0376. The first-order chi connectivity index (χ1) is 15.5. The molecule has 4 aromatic heterocycles. The quantitative estimate of drug-likeness (QED) is 0.456. The molecule has 0 saturated heterocycles. The maximum atomic E-state index is 13.0. The SMILES string of the molecule is CN1CC=C(c2cc(C(=O)Cc3cc4cc(-c5cnn(C)c5)ncc4cn3)ccn2)CC1. The zero-order chi connectivity index (χ0) is 22.1. The first kappa shape index (κ1) is 20.2. The maximum absolute atomic E-state index is 13.0. The molecule has 7 heteroatoms. The van der Waals surface area contributed by atoms with Gasteiger partial charge in [0, 0.05) is 67.1 Å². The van der Waals surface area contributed by atoms with E-state index in [1.54, 1.807) is 35.5 Å². The second kappa shape index (κ2) is 8.43. The van der Waals surface area contributed by atoms with Crippen LogP contribution in [0, 0.1) is 0 Å². The molecule has 0 fully saturated rings. The summed E-state index contributed by atoms with van der Waals surface area (Å²) >= 11 is 0. The molecule has 0 atom stereocenters. The van der Waals surface area contributed by atoms with E-state index in [-0.39, 0.29) is 12.2 Å². The molecular weight excluding hydrogens is 400 g/mol. The molecule has 0 spiro atoms. The van der Waals surface area contributed by atoms with E-state index in [1.165, 1.54) is 5.57 Å². The summed E-state index contributed by atoms with van der Waals surface area (Å²) in [6.07, 6.45) is 12.4. The topological polar surface area (TPSA) is 76.8 Å². The van der Waals surface area contributed by atoms with Crippen molar-refractivity contribution in [2.45, 2.75) is 12.8 Å². The highest BCUT2D eigenvalue weighted by Gasteiger charge is 2.14. The molecule has 0 unspecified atom stereocenters. The molecule has 32 heavy (non-hydrogen) atoms. The fourth-order valence-electron chi connectivity index (χ4n) is 3.94. The number of pyridine rings is 3. The van der Waals surface area contributed by atoms with Crippen LogP contribution in [0.2, 0.25) is 0 Å². The van der Waals surface area contributed by atoms with Gasteiger partial charge in [-0.3, -0.25) is 24.4 Å². The van der Waals surface area contributed by atoms with Gasteiger partial charge in [0.2, 0.25) is 0 Å². The van der Waals surface area contributed by atoms with Crippen molar-refractivity contribution in [3.05, 3.63) is 78.3 Å². The van der Waals surface area contributed by atoms with Crippen molar-refractivity contribution in [2.75, 3.05) is 20.1 Å². The van der Waals surface area contributed by atoms with Gasteiger partial charge in [0.25, 0.3) is 0 Å². The Hall–Kier alpha value is -3.71. The molecule has 0 aliphatic carbocycles. The van der Waals surface area contributed by atoms with Crippen molar-refractivity contribution in [3.8, 4) is 11.3 Å². The van der Waals surface area contributed by atoms with Crippen LogP contribution in [-0.2, 0) is 13.5 Å². The summed E-state index contributed by atoms with van der Waals surface area (Å²) < 4.78 is 1.75. The van der Waals surface area contributed by atoms with Crippen LogP contribution < -0.4 is 0 Å². The number of nitrogens with zero attached hydrogens (tertiary/aromatic N) is 6. The lowest BCUT2D eigenvalue weighted by Crippen LogP contribution is -2.23. The lowest BCUT2D eigenvalue weighted by Gasteiger charge is -2.21. The van der Waals surface area contributed by atoms with Crippen LogP contribution in [0.4, 0.5) is 0 Å². The van der Waals surface area contributed by atoms with E-state index < -0.39 is 0 Å². The number of hydrogen-bond acceptors (Lipinski definition) is 6. The van der Waals surface area contributed by atoms with Crippen LogP contribution in [0.25, 0.3) is 27.6 Å². The van der Waals surface area contributed by atoms with Gasteiger partial charge in [-0.15, -0.1) is 0 Å². The molecule has 1 aliphatic heterocycles. The highest BCUT2D eigenvalue weighted by molar-refractivity contribution is 5.98. The second-order valence-electron chi connectivity index (χ2n) is 8.27. The van der Waals surface area contributed by atoms with E-state index in [2.05, 4.69) is 38.1 Å². The molecule has 1 aliphatic rings. The van der Waals surface area contributed by atoms with E-state index in [0.29, 0.717) is 5.56 Å². The van der Waals surface area contributed by atoms with E-state index in [9.17, 15) is 4.79 Å². The van der Waals surface area contributed by atoms with Gasteiger partial charge in [-0.1, -0.05) is 6.08 Å². The molecule has 0 saturated carbocycles. The third-order valence-electron chi connectivity index (χ3n) is 5.83. The molecule has 5 heterocycles. The second-order valence-corrected chi connectivity index (χ2v) is 8.27. The van der Waals surface area contributed by atoms with Gasteiger partial charge in [-0.05, 0) is 48.7 Å². The standard InChI is InChI=1S/C25H24N6O/c1-30-7-4-17(5-8-30)23-10-18(3-6-26-23)25(32)12-22-9-19-11-24(21-15-29-31(2)16-21)28-14-20(19)13-27-22/h3-4,6,9-11,13-16H,5,7-8,12H2,1-2H3. The van der Waals surface area contributed by atoms with E-state index in [1.807, 2.05) is 31.4 Å². The summed E-state index contributed by atoms with van der Waals surface area (Å²) in [7, 11) is 3.99. The fraction of sp³-hybridized carbons (Fsp3) is 0.240. The van der Waals surface area contributed by atoms with Crippen LogP contribution in [0.15, 0.2) is 61.3 Å². The van der Waals surface area contributed by atoms with E-state index in [4.69, 9.17) is 0 Å². The number of aryl methyl sites for hydroxylation is 1. The van der Waals surface area contributed by atoms with E-state index in [0.717, 1.165) is 52.9 Å². The average molecular weight is 425 g/mol. The maximum Gasteiger partial charge on any atom is 0.168 e. The number of rotatable bonds is 5. The van der Waals surface area contributed by atoms with Crippen LogP contribution in [0.1, 0.15) is 28.2 Å². The third-order valence-corrected chi connectivity index (χ3v) is 5.83. The number of fused-ring (bicyclic) bond motifs is 1. The molecule has 5 rings (SSSR count). The highest BCUT2D eigenvalue weighted by Crippen LogP contribution is 2.23. The molecule has 4 aromatic rings. The van der Waals surface area contributed by atoms with Gasteiger partial charge in [0.15, 0.2) is 5.78 Å². The number of carbonyl (C=O) groups excluding carboxylic acids is 1. The fourth-order valence-corrected chi connectivity index (χ4v) is 3.94. The lowest BCUT2D eigenvalue weighted by molar-refractivity contribution is 0.0992. The van der Waals surface area contributed by atoms with Gasteiger partial charge in [0.1, 0.15) is 0 Å². The third kappa shape index (κ3) is 4.20. The molecule has 0 amide bonds. The predicted molar refractivity (Wildman–Crippen MR) is 124 cm³/mol. The van der Waals surface area contributed by atoms with Crippen molar-refractivity contribution >= 4 is 22.1 Å². The first-order valence-corrected chi connectivity index (χ1v) is 10.7. The Labute approximate surface area is 186 Å². The Bertz CT molecular complexity index is 1340. The molecule has 7 nitrogen and oxygen atoms in total. The Morgan fingerprint density at radius 2 is 1.88 bits per heavy atom. The Morgan fingerprint density at radius 3 is 2.66 bits per heavy atom. The predicted octanol–water partition coefficient (Wildman–Crippen LogP) is 3.57. The van der Waals surface area contributed by atoms with Crippen molar-refractivity contribution in [1.82, 2.24) is 29.6 Å². The summed E-state index contributed by atoms with van der Waals surface area (Å²) in [6.45, 7) is 1.91. The molecule has 0 N–H and O–H groups in total. The molecule has 160 valence electrons. The number of hydrogen-bond donors (Lipinski definition) is 0. The summed E-state index contributed by atoms with van der Waals surface area (Å²) in [4.78, 5) is 28.8. The Morgan fingerprint density at radius 1 is 1.00 bits per heavy atom. The van der Waals surface area contributed by atoms with Crippen LogP contribution in [0.3, 0.4) is 0 Å². The lowest BCUT2D eigenvalue weighted by atomic mass is 10.0. The number of aromatic nitrogens is 5. The molecule has 0 aromatic carbocycles. The minimum atomic E-state index is 0.0376. The number of ketones is 1. The molecule has 0 radical (unpaired) electrons. The van der Waals surface area contributed by atoms with Crippen LogP contribution in [0.5, 0.6) is 0 Å². The summed E-state index contributed by atoms with van der Waals surface area (Å²) in [5, 5.41) is 6.16. The zero-order valence-electron chi connectivity index (χ0n) is 18.2. The Balaban J connectivity index is 1.38. The van der Waals surface area contributed by atoms with Crippen molar-refractivity contribution in [1.29, 1.82) is 0 Å². The normalized spacial score (nSPS) is 14.5. The summed E-state index contributed by atoms with van der Waals surface area (Å²) in [5.74, 6) is 0.0376. The Kier molecular flexibility index (Phi) is 5.33. The largest absolute Gasteiger partial charge is 0.302 e. The zero-order valence-corrected chi connectivity index (χ0v) is 18.2. The van der Waals surface area contributed by atoms with Gasteiger partial charge < -0.3 is 4.90 Å². The van der Waals surface area contributed by atoms with Crippen LogP contribution >= 0.6 is 0 Å². The number of Topliss-reactive ketones (excluding diaryl/α,β-unsaturated/α-hetero) is 1. The average Bonchev–Trinajstić information content (AvgIpc) is 3.25. The smallest absolute Gasteiger partial charge is 0.168 e. The summed E-state index contributed by atoms with van der Waals surface area (Å²) in [5.41, 5.74) is 5.31. The van der Waals surface area contributed by atoms with Gasteiger partial charge in [0.05, 0.1) is 24.0 Å². The van der Waals surface area contributed by atoms with Crippen LogP contribution in [-0.4, -0.2) is 55.6 Å². The van der Waals surface area contributed by atoms with Crippen molar-refractivity contribution < 1.29 is 4.79 Å². The summed E-state index contributed by atoms with van der Waals surface area (Å²) in [6, 6.07) is 7.67. The van der Waals surface area contributed by atoms with Gasteiger partial charge >= 0.3 is 0 Å². The van der Waals surface area contributed by atoms with Gasteiger partial charge in [-0.2, -0.15) is 5.10 Å². The van der Waals surface area contributed by atoms with Gasteiger partial charge in [-0.25, -0.2) is 0 Å². The number of likely N-dealkylation sites (N-methyl/N-ethyl adjacent to an activating group) is 1.